The van der Waals surface area contributed by atoms with E-state index in [1.54, 1.807) is 28.1 Å². The van der Waals surface area contributed by atoms with Crippen molar-refractivity contribution in [2.75, 3.05) is 28.0 Å². The molecule has 9 heterocycles. The zero-order valence-corrected chi connectivity index (χ0v) is 58.7. The van der Waals surface area contributed by atoms with Gasteiger partial charge >= 0.3 is 0 Å². The number of sulfone groups is 1. The number of rotatable bonds is 17. The molecule has 3 aromatic carbocycles. The number of benzene rings is 3. The first-order valence-corrected chi connectivity index (χ1v) is 36.5. The van der Waals surface area contributed by atoms with Crippen LogP contribution < -0.4 is 16.0 Å². The van der Waals surface area contributed by atoms with E-state index >= 15 is 0 Å². The van der Waals surface area contributed by atoms with E-state index in [-0.39, 0.29) is 29.7 Å². The quantitative estimate of drug-likeness (QED) is 0.0566. The van der Waals surface area contributed by atoms with Crippen LogP contribution in [0.2, 0.25) is 0 Å². The number of aliphatic hydroxyl groups is 2. The molecule has 0 bridgehead atoms. The van der Waals surface area contributed by atoms with Crippen LogP contribution in [0.15, 0.2) is 166 Å². The number of aryl methyl sites for hydroxylation is 6. The van der Waals surface area contributed by atoms with Crippen molar-refractivity contribution in [2.24, 2.45) is 53.6 Å². The van der Waals surface area contributed by atoms with Crippen LogP contribution in [-0.4, -0.2) is 150 Å². The summed E-state index contributed by atoms with van der Waals surface area (Å²) in [6.07, 6.45) is 40.6. The maximum atomic E-state index is 11.6. The lowest BCUT2D eigenvalue weighted by Crippen LogP contribution is -2.53. The van der Waals surface area contributed by atoms with Gasteiger partial charge in [-0.1, -0.05) is 54.6 Å². The van der Waals surface area contributed by atoms with E-state index in [2.05, 4.69) is 92.9 Å². The van der Waals surface area contributed by atoms with Crippen molar-refractivity contribution in [3.05, 3.63) is 166 Å². The van der Waals surface area contributed by atoms with Crippen molar-refractivity contribution in [1.29, 1.82) is 0 Å². The Labute approximate surface area is 587 Å². The lowest BCUT2D eigenvalue weighted by atomic mass is 9.50. The molecule has 0 radical (unpaired) electrons. The summed E-state index contributed by atoms with van der Waals surface area (Å²) < 4.78 is 34.0. The van der Waals surface area contributed by atoms with E-state index in [1.165, 1.54) is 6.26 Å². The molecule has 0 saturated heterocycles. The maximum Gasteiger partial charge on any atom is 0.161 e. The summed E-state index contributed by atoms with van der Waals surface area (Å²) in [6, 6.07) is 25.2. The fourth-order valence-electron chi connectivity index (χ4n) is 14.7. The normalized spacial score (nSPS) is 20.2. The third kappa shape index (κ3) is 16.2. The first-order valence-electron chi connectivity index (χ1n) is 34.4. The van der Waals surface area contributed by atoms with E-state index in [0.717, 1.165) is 178 Å². The molecule has 4 saturated carbocycles. The molecule has 26 heteroatoms. The lowest BCUT2D eigenvalue weighted by molar-refractivity contribution is -0.0243. The fraction of sp³-hybridized carbons (Fsp3) is 0.360. The highest BCUT2D eigenvalue weighted by Crippen LogP contribution is 2.59. The van der Waals surface area contributed by atoms with Gasteiger partial charge in [0.25, 0.3) is 0 Å². The lowest BCUT2D eigenvalue weighted by Gasteiger charge is -2.58. The molecule has 0 unspecified atom stereocenters. The first-order chi connectivity index (χ1) is 48.7. The van der Waals surface area contributed by atoms with E-state index in [9.17, 15) is 18.6 Å². The smallest absolute Gasteiger partial charge is 0.161 e. The summed E-state index contributed by atoms with van der Waals surface area (Å²) in [5.41, 5.74) is 15.1. The Morgan fingerprint density at radius 2 is 0.713 bits per heavy atom. The second-order valence-electron chi connectivity index (χ2n) is 28.0. The average molecular weight is 1380 g/mol. The maximum absolute atomic E-state index is 11.6. The molecule has 9 aromatic heterocycles. The number of nitrogens with zero attached hydrogens (tertiary/aromatic N) is 18. The second-order valence-corrected chi connectivity index (χ2v) is 30.2. The van der Waals surface area contributed by atoms with Crippen LogP contribution in [0.1, 0.15) is 77.0 Å². The van der Waals surface area contributed by atoms with Crippen LogP contribution in [-0.2, 0) is 52.1 Å². The number of hydrogen-bond donors (Lipinski definition) is 5. The van der Waals surface area contributed by atoms with Crippen LogP contribution in [0.3, 0.4) is 0 Å². The molecule has 4 fully saturated rings. The zero-order chi connectivity index (χ0) is 69.9. The Morgan fingerprint density at radius 3 is 1.01 bits per heavy atom. The molecular weight excluding hydrogens is 1290 g/mol. The van der Waals surface area contributed by atoms with E-state index in [1.807, 2.05) is 172 Å². The average Bonchev–Trinajstić information content (AvgIpc) is 1.28. The Morgan fingerprint density at radius 1 is 0.406 bits per heavy atom. The van der Waals surface area contributed by atoms with Crippen molar-refractivity contribution in [3.63, 3.8) is 0 Å². The van der Waals surface area contributed by atoms with Crippen LogP contribution in [0, 0.1) is 11.3 Å². The molecule has 4 aliphatic rings. The van der Waals surface area contributed by atoms with Crippen molar-refractivity contribution < 1.29 is 18.6 Å². The van der Waals surface area contributed by atoms with Gasteiger partial charge in [-0.2, -0.15) is 30.6 Å². The highest BCUT2D eigenvalue weighted by Gasteiger charge is 2.53. The molecule has 0 aliphatic heterocycles. The zero-order valence-electron chi connectivity index (χ0n) is 57.9. The minimum atomic E-state index is -2.91. The standard InChI is InChI=1S/C27H31N7O2S.2C24H27N7O/c1-33-15-21(12-29-33)19-5-4-6-20(7-19)25-28-14-24(22-13-30-34(2)16-22)26(32-25)31-23-10-27(11-23)8-18(9-27)17-37(3,35)36;2*1-30-14-18(11-26-30)16-5-3-6-17(9-16)23-25-13-22(19-12-27-31(2)15-19)24(29-23)28-20-7-4-8-21(32)10-20/h4-7,12-16,18,23H,8-11,17H2,1-3H3,(H,28,31,32);2*3,5-6,9,11-15,20-21,32H,4,7-8,10H2,1-2H3,(H,25,28,29)/t;20-,21+;20-,21-/m.00/s1. The summed E-state index contributed by atoms with van der Waals surface area (Å²) >= 11 is 0. The Kier molecular flexibility index (Phi) is 19.4. The molecule has 101 heavy (non-hydrogen) atoms. The summed E-state index contributed by atoms with van der Waals surface area (Å²) in [5, 5.41) is 56.9. The monoisotopic (exact) mass is 1380 g/mol. The van der Waals surface area contributed by atoms with Gasteiger partial charge in [0.05, 0.1) is 55.1 Å². The van der Waals surface area contributed by atoms with Crippen molar-refractivity contribution in [2.45, 2.75) is 107 Å². The molecule has 0 amide bonds. The molecule has 4 atom stereocenters. The van der Waals surface area contributed by atoms with E-state index in [4.69, 9.17) is 19.9 Å². The summed E-state index contributed by atoms with van der Waals surface area (Å²) in [4.78, 5) is 28.9. The van der Waals surface area contributed by atoms with E-state index < -0.39 is 9.84 Å². The van der Waals surface area contributed by atoms with Crippen LogP contribution in [0.4, 0.5) is 17.5 Å². The number of aliphatic hydroxyl groups excluding tert-OH is 2. The summed E-state index contributed by atoms with van der Waals surface area (Å²) in [5.74, 6) is 4.93. The van der Waals surface area contributed by atoms with E-state index in [0.29, 0.717) is 35.2 Å². The minimum Gasteiger partial charge on any atom is -0.393 e. The SMILES string of the molecule is Cn1cc(-c2cccc(-c3ncc(-c4cnn(C)c4)c(NC4CC5(CC(CS(C)(=O)=O)C5)C4)n3)c2)cn1.Cn1cc(-c2cccc(-c3ncc(-c4cnn(C)c4)c(N[C@H]4CCC[C@@H](O)C4)n3)c2)cn1.Cn1cc(-c2cccc(-c3ncc(-c4cnn(C)c4)c(N[C@H]4CCC[C@H](O)C4)n3)c2)cn1. The topological polar surface area (TPSA) is 295 Å². The van der Waals surface area contributed by atoms with Gasteiger partial charge in [0.2, 0.25) is 0 Å². The highest BCUT2D eigenvalue weighted by atomic mass is 32.2. The molecule has 25 nitrogen and oxygen atoms in total. The van der Waals surface area contributed by atoms with Gasteiger partial charge < -0.3 is 26.2 Å². The van der Waals surface area contributed by atoms with Crippen LogP contribution >= 0.6 is 0 Å². The largest absolute Gasteiger partial charge is 0.393 e. The Balaban J connectivity index is 0.000000129. The fourth-order valence-corrected chi connectivity index (χ4v) is 15.8. The van der Waals surface area contributed by atoms with Crippen molar-refractivity contribution in [1.82, 2.24) is 88.6 Å². The Hall–Kier alpha value is -10.6. The van der Waals surface area contributed by atoms with Crippen LogP contribution in [0.25, 0.3) is 101 Å². The number of nitrogens with one attached hydrogen (secondary N) is 3. The number of aromatic nitrogens is 18. The first kappa shape index (κ1) is 67.6. The van der Waals surface area contributed by atoms with Crippen molar-refractivity contribution in [3.8, 4) is 101 Å². The molecular formula is C75H85N21O4S. The number of hydrogen-bond acceptors (Lipinski definition) is 19. The molecule has 16 rings (SSSR count). The predicted molar refractivity (Wildman–Crippen MR) is 391 cm³/mol. The van der Waals surface area contributed by atoms with Gasteiger partial charge in [-0.15, -0.1) is 0 Å². The molecule has 1 spiro atoms. The second kappa shape index (κ2) is 28.9. The molecule has 5 N–H and O–H groups in total. The van der Waals surface area contributed by atoms with Crippen molar-refractivity contribution >= 4 is 27.3 Å². The van der Waals surface area contributed by atoms with Gasteiger partial charge in [0, 0.05) is 189 Å². The molecule has 4 aliphatic carbocycles. The van der Waals surface area contributed by atoms with Crippen LogP contribution in [0.5, 0.6) is 0 Å². The highest BCUT2D eigenvalue weighted by molar-refractivity contribution is 7.90. The van der Waals surface area contributed by atoms with Gasteiger partial charge in [-0.3, -0.25) is 28.1 Å². The van der Waals surface area contributed by atoms with Gasteiger partial charge in [0.15, 0.2) is 17.5 Å². The Bertz CT molecular complexity index is 4800. The van der Waals surface area contributed by atoms with Gasteiger partial charge in [0.1, 0.15) is 27.3 Å². The molecule has 520 valence electrons. The third-order valence-corrected chi connectivity index (χ3v) is 20.6. The summed E-state index contributed by atoms with van der Waals surface area (Å²) in [7, 11) is 8.51. The predicted octanol–water partition coefficient (Wildman–Crippen LogP) is 11.3. The number of anilines is 3. The van der Waals surface area contributed by atoms with Gasteiger partial charge in [-0.25, -0.2) is 38.3 Å². The summed E-state index contributed by atoms with van der Waals surface area (Å²) in [6.45, 7) is 0. The molecule has 12 aromatic rings. The van der Waals surface area contributed by atoms with Gasteiger partial charge in [-0.05, 0) is 123 Å². The minimum absolute atomic E-state index is 0.179. The third-order valence-electron chi connectivity index (χ3n) is 19.5.